The zero-order valence-corrected chi connectivity index (χ0v) is 16.0. The number of fused-ring (bicyclic) bond motifs is 1. The van der Waals surface area contributed by atoms with Crippen molar-refractivity contribution in [2.24, 2.45) is 5.10 Å². The Morgan fingerprint density at radius 2 is 1.85 bits per heavy atom. The molecule has 0 atom stereocenters. The van der Waals surface area contributed by atoms with Crippen LogP contribution in [0.2, 0.25) is 0 Å². The lowest BCUT2D eigenvalue weighted by molar-refractivity contribution is -0.123. The van der Waals surface area contributed by atoms with E-state index in [1.165, 1.54) is 16.8 Å². The van der Waals surface area contributed by atoms with Crippen LogP contribution in [0, 0.1) is 0 Å². The van der Waals surface area contributed by atoms with Crippen molar-refractivity contribution in [3.05, 3.63) is 77.9 Å². The molecule has 0 radical (unpaired) electrons. The Bertz CT molecular complexity index is 1020. The molecule has 4 nitrogen and oxygen atoms in total. The number of ether oxygens (including phenoxy) is 1. The molecule has 0 bridgehead atoms. The van der Waals surface area contributed by atoms with Crippen LogP contribution in [0.25, 0.3) is 10.8 Å². The van der Waals surface area contributed by atoms with E-state index in [0.29, 0.717) is 22.4 Å². The third-order valence-corrected chi connectivity index (χ3v) is 5.54. The van der Waals surface area contributed by atoms with Crippen molar-refractivity contribution in [2.45, 2.75) is 6.61 Å². The van der Waals surface area contributed by atoms with Crippen LogP contribution < -0.4 is 4.74 Å². The molecule has 0 aliphatic carbocycles. The van der Waals surface area contributed by atoms with Gasteiger partial charge in [0.2, 0.25) is 0 Å². The SMILES string of the molecule is O=C1CSC(=S)N1/N=C/c1c(OCc2ccccc2)ccc2ccccc12. The first-order valence-electron chi connectivity index (χ1n) is 8.44. The Kier molecular flexibility index (Phi) is 5.18. The van der Waals surface area contributed by atoms with Crippen molar-refractivity contribution >= 4 is 51.2 Å². The molecule has 0 N–H and O–H groups in total. The van der Waals surface area contributed by atoms with Gasteiger partial charge in [0.1, 0.15) is 12.4 Å². The van der Waals surface area contributed by atoms with Crippen LogP contribution in [0.15, 0.2) is 71.8 Å². The van der Waals surface area contributed by atoms with E-state index < -0.39 is 0 Å². The molecule has 0 unspecified atom stereocenters. The predicted octanol–water partition coefficient (Wildman–Crippen LogP) is 4.61. The second-order valence-electron chi connectivity index (χ2n) is 5.98. The van der Waals surface area contributed by atoms with Gasteiger partial charge < -0.3 is 4.74 Å². The summed E-state index contributed by atoms with van der Waals surface area (Å²) in [5.41, 5.74) is 1.91. The zero-order chi connectivity index (χ0) is 18.6. The maximum atomic E-state index is 11.9. The van der Waals surface area contributed by atoms with Crippen LogP contribution in [0.3, 0.4) is 0 Å². The molecule has 4 rings (SSSR count). The lowest BCUT2D eigenvalue weighted by Gasteiger charge is -2.13. The van der Waals surface area contributed by atoms with Crippen LogP contribution in [-0.4, -0.2) is 27.2 Å². The number of nitrogens with zero attached hydrogens (tertiary/aromatic N) is 2. The van der Waals surface area contributed by atoms with Gasteiger partial charge in [-0.05, 0) is 22.4 Å². The van der Waals surface area contributed by atoms with Crippen LogP contribution >= 0.6 is 24.0 Å². The summed E-state index contributed by atoms with van der Waals surface area (Å²) in [7, 11) is 0. The number of hydrogen-bond donors (Lipinski definition) is 0. The summed E-state index contributed by atoms with van der Waals surface area (Å²) in [6.07, 6.45) is 1.67. The van der Waals surface area contributed by atoms with Gasteiger partial charge in [-0.2, -0.15) is 10.1 Å². The number of hydrogen-bond acceptors (Lipinski definition) is 5. The van der Waals surface area contributed by atoms with Crippen molar-refractivity contribution in [1.29, 1.82) is 0 Å². The standard InChI is InChI=1S/C21H16N2O2S2/c24-20-14-27-21(26)23(20)22-12-18-17-9-5-4-8-16(17)10-11-19(18)25-13-15-6-2-1-3-7-15/h1-12H,13-14H2/b22-12+. The molecule has 0 spiro atoms. The van der Waals surface area contributed by atoms with Gasteiger partial charge in [-0.15, -0.1) is 0 Å². The van der Waals surface area contributed by atoms with E-state index in [0.717, 1.165) is 21.9 Å². The van der Waals surface area contributed by atoms with Gasteiger partial charge >= 0.3 is 0 Å². The first-order valence-corrected chi connectivity index (χ1v) is 9.84. The van der Waals surface area contributed by atoms with Gasteiger partial charge in [0.15, 0.2) is 4.32 Å². The summed E-state index contributed by atoms with van der Waals surface area (Å²) in [6, 6.07) is 22.0. The second kappa shape index (κ2) is 7.90. The van der Waals surface area contributed by atoms with E-state index >= 15 is 0 Å². The molecular weight excluding hydrogens is 376 g/mol. The molecule has 6 heteroatoms. The highest BCUT2D eigenvalue weighted by atomic mass is 32.2. The third-order valence-electron chi connectivity index (χ3n) is 4.20. The first-order chi connectivity index (χ1) is 13.2. The van der Waals surface area contributed by atoms with Crippen LogP contribution in [0.1, 0.15) is 11.1 Å². The number of thioether (sulfide) groups is 1. The minimum atomic E-state index is -0.103. The van der Waals surface area contributed by atoms with E-state index in [1.54, 1.807) is 6.21 Å². The smallest absolute Gasteiger partial charge is 0.259 e. The molecule has 1 aliphatic rings. The first kappa shape index (κ1) is 17.7. The molecule has 1 fully saturated rings. The number of carbonyl (C=O) groups excluding carboxylic acids is 1. The molecule has 1 heterocycles. The second-order valence-corrected chi connectivity index (χ2v) is 7.59. The third kappa shape index (κ3) is 3.86. The van der Waals surface area contributed by atoms with Crippen molar-refractivity contribution in [3.63, 3.8) is 0 Å². The monoisotopic (exact) mass is 392 g/mol. The average Bonchev–Trinajstić information content (AvgIpc) is 3.03. The Morgan fingerprint density at radius 3 is 2.63 bits per heavy atom. The molecule has 0 saturated carbocycles. The zero-order valence-electron chi connectivity index (χ0n) is 14.4. The fourth-order valence-corrected chi connectivity index (χ4v) is 3.81. The average molecular weight is 393 g/mol. The van der Waals surface area contributed by atoms with E-state index in [-0.39, 0.29) is 5.91 Å². The Morgan fingerprint density at radius 1 is 1.07 bits per heavy atom. The summed E-state index contributed by atoms with van der Waals surface area (Å²) in [4.78, 5) is 11.9. The van der Waals surface area contributed by atoms with Gasteiger partial charge in [0, 0.05) is 5.56 Å². The molecule has 134 valence electrons. The lowest BCUT2D eigenvalue weighted by atomic mass is 10.0. The molecular formula is C21H16N2O2S2. The summed E-state index contributed by atoms with van der Waals surface area (Å²) in [5.74, 6) is 0.947. The molecule has 1 aliphatic heterocycles. The Labute approximate surface area is 166 Å². The molecule has 0 aromatic heterocycles. The maximum absolute atomic E-state index is 11.9. The largest absolute Gasteiger partial charge is 0.488 e. The van der Waals surface area contributed by atoms with Crippen LogP contribution in [0.4, 0.5) is 0 Å². The van der Waals surface area contributed by atoms with Crippen molar-refractivity contribution in [2.75, 3.05) is 5.75 Å². The fourth-order valence-electron chi connectivity index (χ4n) is 2.84. The summed E-state index contributed by atoms with van der Waals surface area (Å²) in [6.45, 7) is 0.455. The van der Waals surface area contributed by atoms with E-state index in [1.807, 2.05) is 66.7 Å². The molecule has 27 heavy (non-hydrogen) atoms. The molecule has 3 aromatic rings. The van der Waals surface area contributed by atoms with Gasteiger partial charge in [-0.25, -0.2) is 0 Å². The quantitative estimate of drug-likeness (QED) is 0.470. The van der Waals surface area contributed by atoms with Crippen LogP contribution in [-0.2, 0) is 11.4 Å². The number of rotatable bonds is 5. The van der Waals surface area contributed by atoms with E-state index in [4.69, 9.17) is 17.0 Å². The Hall–Kier alpha value is -2.70. The number of benzene rings is 3. The van der Waals surface area contributed by atoms with E-state index in [2.05, 4.69) is 5.10 Å². The van der Waals surface area contributed by atoms with Gasteiger partial charge in [-0.3, -0.25) is 4.79 Å². The fraction of sp³-hybridized carbons (Fsp3) is 0.0952. The number of carbonyl (C=O) groups is 1. The number of amides is 1. The normalized spacial score (nSPS) is 14.4. The summed E-state index contributed by atoms with van der Waals surface area (Å²) >= 11 is 6.53. The number of thiocarbonyl (C=S) groups is 1. The highest BCUT2D eigenvalue weighted by Gasteiger charge is 2.26. The minimum absolute atomic E-state index is 0.103. The minimum Gasteiger partial charge on any atom is -0.488 e. The summed E-state index contributed by atoms with van der Waals surface area (Å²) < 4.78 is 6.54. The molecule has 1 saturated heterocycles. The maximum Gasteiger partial charge on any atom is 0.259 e. The topological polar surface area (TPSA) is 41.9 Å². The lowest BCUT2D eigenvalue weighted by Crippen LogP contribution is -2.22. The van der Waals surface area contributed by atoms with Crippen molar-refractivity contribution < 1.29 is 9.53 Å². The van der Waals surface area contributed by atoms with Crippen LogP contribution in [0.5, 0.6) is 5.75 Å². The van der Waals surface area contributed by atoms with Crippen molar-refractivity contribution in [3.8, 4) is 5.75 Å². The van der Waals surface area contributed by atoms with Gasteiger partial charge in [-0.1, -0.05) is 84.6 Å². The molecule has 3 aromatic carbocycles. The molecule has 1 amide bonds. The highest BCUT2D eigenvalue weighted by Crippen LogP contribution is 2.28. The van der Waals surface area contributed by atoms with Gasteiger partial charge in [0.05, 0.1) is 12.0 Å². The summed E-state index contributed by atoms with van der Waals surface area (Å²) in [5, 5.41) is 7.71. The Balaban J connectivity index is 1.69. The number of hydrazone groups is 1. The predicted molar refractivity (Wildman–Crippen MR) is 114 cm³/mol. The highest BCUT2D eigenvalue weighted by molar-refractivity contribution is 8.23. The van der Waals surface area contributed by atoms with Gasteiger partial charge in [0.25, 0.3) is 5.91 Å². The van der Waals surface area contributed by atoms with E-state index in [9.17, 15) is 4.79 Å². The van der Waals surface area contributed by atoms with Crippen molar-refractivity contribution in [1.82, 2.24) is 5.01 Å².